The van der Waals surface area contributed by atoms with Crippen LogP contribution < -0.4 is 5.73 Å². The number of hydrogen-bond acceptors (Lipinski definition) is 6. The second-order valence-electron chi connectivity index (χ2n) is 3.85. The Morgan fingerprint density at radius 2 is 2.39 bits per heavy atom. The Morgan fingerprint density at radius 3 is 3.06 bits per heavy atom. The van der Waals surface area contributed by atoms with E-state index in [9.17, 15) is 0 Å². The Bertz CT molecular complexity index is 642. The molecule has 0 fully saturated rings. The Balaban J connectivity index is 1.90. The highest BCUT2D eigenvalue weighted by Crippen LogP contribution is 2.24. The highest BCUT2D eigenvalue weighted by atomic mass is 32.1. The van der Waals surface area contributed by atoms with Crippen molar-refractivity contribution in [2.75, 3.05) is 0 Å². The predicted octanol–water partition coefficient (Wildman–Crippen LogP) is 1.58. The summed E-state index contributed by atoms with van der Waals surface area (Å²) in [6, 6.07) is 3.52. The van der Waals surface area contributed by atoms with E-state index in [1.807, 2.05) is 30.8 Å². The number of nitrogens with zero attached hydrogens (tertiary/aromatic N) is 4. The van der Waals surface area contributed by atoms with Gasteiger partial charge in [0.25, 0.3) is 0 Å². The van der Waals surface area contributed by atoms with E-state index < -0.39 is 0 Å². The number of thiophene rings is 1. The van der Waals surface area contributed by atoms with Gasteiger partial charge < -0.3 is 10.3 Å². The number of aryl methyl sites for hydroxylation is 1. The van der Waals surface area contributed by atoms with Crippen LogP contribution in [0, 0.1) is 0 Å². The summed E-state index contributed by atoms with van der Waals surface area (Å²) < 4.78 is 6.88. The second kappa shape index (κ2) is 4.35. The number of nitrogens with two attached hydrogens (primary N) is 1. The van der Waals surface area contributed by atoms with Crippen LogP contribution in [0.15, 0.2) is 34.4 Å². The first-order valence-electron chi connectivity index (χ1n) is 5.35. The molecule has 0 aliphatic rings. The fourth-order valence-electron chi connectivity index (χ4n) is 1.61. The molecule has 7 heteroatoms. The first-order valence-corrected chi connectivity index (χ1v) is 6.23. The first kappa shape index (κ1) is 11.1. The predicted molar refractivity (Wildman–Crippen MR) is 66.8 cm³/mol. The third-order valence-corrected chi connectivity index (χ3v) is 3.48. The zero-order chi connectivity index (χ0) is 12.5. The van der Waals surface area contributed by atoms with Gasteiger partial charge in [0.15, 0.2) is 0 Å². The van der Waals surface area contributed by atoms with Gasteiger partial charge in [0.05, 0.1) is 11.8 Å². The highest BCUT2D eigenvalue weighted by molar-refractivity contribution is 7.10. The van der Waals surface area contributed by atoms with E-state index in [0.29, 0.717) is 11.7 Å². The molecule has 0 saturated heterocycles. The van der Waals surface area contributed by atoms with Gasteiger partial charge in [-0.05, 0) is 11.4 Å². The molecule has 3 aromatic rings. The van der Waals surface area contributed by atoms with Gasteiger partial charge in [-0.2, -0.15) is 10.1 Å². The molecule has 3 rings (SSSR count). The average molecular weight is 261 g/mol. The lowest BCUT2D eigenvalue weighted by Gasteiger charge is -2.01. The molecule has 1 atom stereocenters. The molecular weight excluding hydrogens is 250 g/mol. The van der Waals surface area contributed by atoms with Crippen LogP contribution in [0.4, 0.5) is 0 Å². The van der Waals surface area contributed by atoms with E-state index in [4.69, 9.17) is 10.3 Å². The van der Waals surface area contributed by atoms with Crippen molar-refractivity contribution in [3.05, 3.63) is 40.7 Å². The van der Waals surface area contributed by atoms with E-state index in [1.54, 1.807) is 22.2 Å². The second-order valence-corrected chi connectivity index (χ2v) is 4.83. The smallest absolute Gasteiger partial charge is 0.249 e. The van der Waals surface area contributed by atoms with Gasteiger partial charge in [-0.3, -0.25) is 4.68 Å². The number of rotatable bonds is 3. The molecule has 3 aromatic heterocycles. The van der Waals surface area contributed by atoms with Crippen LogP contribution in [0.1, 0.15) is 16.8 Å². The van der Waals surface area contributed by atoms with Crippen LogP contribution in [-0.4, -0.2) is 19.9 Å². The fraction of sp³-hybridized carbons (Fsp3) is 0.182. The first-order chi connectivity index (χ1) is 8.74. The molecule has 0 aromatic carbocycles. The quantitative estimate of drug-likeness (QED) is 0.774. The van der Waals surface area contributed by atoms with Crippen molar-refractivity contribution < 1.29 is 4.52 Å². The van der Waals surface area contributed by atoms with Gasteiger partial charge in [-0.15, -0.1) is 11.3 Å². The summed E-state index contributed by atoms with van der Waals surface area (Å²) in [7, 11) is 1.84. The Hall–Kier alpha value is -1.99. The third-order valence-electron chi connectivity index (χ3n) is 2.52. The molecule has 3 heterocycles. The Kier molecular flexibility index (Phi) is 2.69. The SMILES string of the molecule is Cn1cc(-c2noc(C(N)c3cccs3)n2)cn1. The van der Waals surface area contributed by atoms with Crippen LogP contribution in [0.5, 0.6) is 0 Å². The van der Waals surface area contributed by atoms with Crippen molar-refractivity contribution in [2.24, 2.45) is 12.8 Å². The molecule has 18 heavy (non-hydrogen) atoms. The zero-order valence-corrected chi connectivity index (χ0v) is 10.5. The van der Waals surface area contributed by atoms with Crippen LogP contribution in [0.3, 0.4) is 0 Å². The van der Waals surface area contributed by atoms with Crippen molar-refractivity contribution in [3.63, 3.8) is 0 Å². The van der Waals surface area contributed by atoms with E-state index in [-0.39, 0.29) is 6.04 Å². The minimum atomic E-state index is -0.372. The van der Waals surface area contributed by atoms with Gasteiger partial charge in [0.2, 0.25) is 11.7 Å². The topological polar surface area (TPSA) is 82.8 Å². The van der Waals surface area contributed by atoms with Gasteiger partial charge >= 0.3 is 0 Å². The fourth-order valence-corrected chi connectivity index (χ4v) is 2.32. The molecular formula is C11H11N5OS. The third kappa shape index (κ3) is 1.93. The molecule has 0 amide bonds. The molecule has 2 N–H and O–H groups in total. The van der Waals surface area contributed by atoms with Crippen LogP contribution in [-0.2, 0) is 7.05 Å². The number of aromatic nitrogens is 4. The van der Waals surface area contributed by atoms with Crippen molar-refractivity contribution in [1.82, 2.24) is 19.9 Å². The Morgan fingerprint density at radius 1 is 1.50 bits per heavy atom. The minimum Gasteiger partial charge on any atom is -0.337 e. The lowest BCUT2D eigenvalue weighted by Crippen LogP contribution is -2.10. The standard InChI is InChI=1S/C11H11N5OS/c1-16-6-7(5-13-16)10-14-11(17-15-10)9(12)8-3-2-4-18-8/h2-6,9H,12H2,1H3. The van der Waals surface area contributed by atoms with Gasteiger partial charge in [-0.25, -0.2) is 0 Å². The van der Waals surface area contributed by atoms with Crippen molar-refractivity contribution >= 4 is 11.3 Å². The summed E-state index contributed by atoms with van der Waals surface area (Å²) in [4.78, 5) is 5.30. The summed E-state index contributed by atoms with van der Waals surface area (Å²) in [5, 5.41) is 9.94. The van der Waals surface area contributed by atoms with Crippen LogP contribution >= 0.6 is 11.3 Å². The molecule has 0 aliphatic heterocycles. The summed E-state index contributed by atoms with van der Waals surface area (Å²) >= 11 is 1.57. The largest absolute Gasteiger partial charge is 0.337 e. The average Bonchev–Trinajstić information content (AvgIpc) is 3.09. The molecule has 0 saturated carbocycles. The van der Waals surface area contributed by atoms with Crippen molar-refractivity contribution in [1.29, 1.82) is 0 Å². The Labute approximate surface area is 107 Å². The molecule has 0 spiro atoms. The maximum atomic E-state index is 6.05. The zero-order valence-electron chi connectivity index (χ0n) is 9.65. The van der Waals surface area contributed by atoms with E-state index >= 15 is 0 Å². The van der Waals surface area contributed by atoms with Gasteiger partial charge in [0.1, 0.15) is 6.04 Å². The molecule has 6 nitrogen and oxygen atoms in total. The van der Waals surface area contributed by atoms with Crippen molar-refractivity contribution in [3.8, 4) is 11.4 Å². The van der Waals surface area contributed by atoms with E-state index in [1.165, 1.54) is 0 Å². The summed E-state index contributed by atoms with van der Waals surface area (Å²) in [5.41, 5.74) is 6.86. The van der Waals surface area contributed by atoms with E-state index in [0.717, 1.165) is 10.4 Å². The monoisotopic (exact) mass is 261 g/mol. The molecule has 92 valence electrons. The van der Waals surface area contributed by atoms with Crippen LogP contribution in [0.2, 0.25) is 0 Å². The van der Waals surface area contributed by atoms with Crippen molar-refractivity contribution in [2.45, 2.75) is 6.04 Å². The van der Waals surface area contributed by atoms with E-state index in [2.05, 4.69) is 15.2 Å². The summed E-state index contributed by atoms with van der Waals surface area (Å²) in [6.45, 7) is 0. The summed E-state index contributed by atoms with van der Waals surface area (Å²) in [5.74, 6) is 0.918. The number of hydrogen-bond donors (Lipinski definition) is 1. The normalized spacial score (nSPS) is 12.8. The maximum absolute atomic E-state index is 6.05. The highest BCUT2D eigenvalue weighted by Gasteiger charge is 2.18. The van der Waals surface area contributed by atoms with Crippen LogP contribution in [0.25, 0.3) is 11.4 Å². The molecule has 0 bridgehead atoms. The lowest BCUT2D eigenvalue weighted by atomic mass is 10.2. The van der Waals surface area contributed by atoms with Gasteiger partial charge in [-0.1, -0.05) is 11.2 Å². The molecule has 0 radical (unpaired) electrons. The molecule has 1 unspecified atom stereocenters. The molecule has 0 aliphatic carbocycles. The maximum Gasteiger partial charge on any atom is 0.249 e. The lowest BCUT2D eigenvalue weighted by molar-refractivity contribution is 0.368. The summed E-state index contributed by atoms with van der Waals surface area (Å²) in [6.07, 6.45) is 3.51. The minimum absolute atomic E-state index is 0.372. The van der Waals surface area contributed by atoms with Gasteiger partial charge in [0, 0.05) is 18.1 Å².